The number of hydrogen-bond donors (Lipinski definition) is 0. The lowest BCUT2D eigenvalue weighted by atomic mass is 10.2. The Labute approximate surface area is 103 Å². The van der Waals surface area contributed by atoms with Crippen molar-refractivity contribution in [2.24, 2.45) is 0 Å². The first kappa shape index (κ1) is 9.32. The van der Waals surface area contributed by atoms with E-state index < -0.39 is 10.0 Å². The third-order valence-electron chi connectivity index (χ3n) is 3.49. The molecular formula is C16H12S. The van der Waals surface area contributed by atoms with Crippen molar-refractivity contribution in [1.82, 2.24) is 0 Å². The van der Waals surface area contributed by atoms with Crippen molar-refractivity contribution in [3.8, 4) is 0 Å². The third-order valence-corrected chi connectivity index (χ3v) is 6.82. The third kappa shape index (κ3) is 1.10. The van der Waals surface area contributed by atoms with Crippen molar-refractivity contribution in [2.75, 3.05) is 0 Å². The zero-order chi connectivity index (χ0) is 11.3. The molecule has 2 aliphatic rings. The number of benzene rings is 2. The molecule has 0 fully saturated rings. The van der Waals surface area contributed by atoms with Crippen LogP contribution in [0.5, 0.6) is 0 Å². The highest BCUT2D eigenvalue weighted by Crippen LogP contribution is 2.72. The van der Waals surface area contributed by atoms with Crippen LogP contribution in [0.4, 0.5) is 0 Å². The quantitative estimate of drug-likeness (QED) is 0.611. The van der Waals surface area contributed by atoms with Crippen molar-refractivity contribution in [2.45, 2.75) is 9.79 Å². The molecule has 2 aromatic carbocycles. The molecule has 0 aliphatic carbocycles. The second-order valence-corrected chi connectivity index (χ2v) is 7.23. The summed E-state index contributed by atoms with van der Waals surface area (Å²) in [5.41, 5.74) is 2.76. The van der Waals surface area contributed by atoms with Gasteiger partial charge >= 0.3 is 0 Å². The Hall–Kier alpha value is -1.73. The molecule has 0 unspecified atom stereocenters. The first-order valence-corrected chi connectivity index (χ1v) is 7.54. The maximum absolute atomic E-state index is 2.40. The highest BCUT2D eigenvalue weighted by molar-refractivity contribution is 8.39. The molecule has 2 aliphatic heterocycles. The number of fused-ring (bicyclic) bond motifs is 4. The molecule has 2 aromatic rings. The molecule has 0 atom stereocenters. The van der Waals surface area contributed by atoms with Crippen LogP contribution in [-0.2, 0) is 0 Å². The average Bonchev–Trinajstić information content (AvgIpc) is 2.95. The molecule has 1 spiro atoms. The SMILES string of the molecule is C1=CS2(C=Cc3ccccc32)c2ccccc21. The van der Waals surface area contributed by atoms with Crippen LogP contribution in [0.2, 0.25) is 0 Å². The summed E-state index contributed by atoms with van der Waals surface area (Å²) in [5.74, 6) is 0. The first-order chi connectivity index (χ1) is 8.40. The van der Waals surface area contributed by atoms with E-state index in [9.17, 15) is 0 Å². The lowest BCUT2D eigenvalue weighted by molar-refractivity contribution is 1.37. The van der Waals surface area contributed by atoms with Crippen LogP contribution in [0.25, 0.3) is 12.2 Å². The Morgan fingerprint density at radius 1 is 0.588 bits per heavy atom. The van der Waals surface area contributed by atoms with E-state index in [-0.39, 0.29) is 0 Å². The Morgan fingerprint density at radius 3 is 1.59 bits per heavy atom. The minimum atomic E-state index is -1.01. The summed E-state index contributed by atoms with van der Waals surface area (Å²) in [4.78, 5) is 2.97. The summed E-state index contributed by atoms with van der Waals surface area (Å²) >= 11 is 0. The van der Waals surface area contributed by atoms with Crippen LogP contribution in [0.1, 0.15) is 11.1 Å². The maximum atomic E-state index is 2.40. The standard InChI is InChI=1S/C16H12S/c1-3-7-15-13(5-1)9-11-17(15)12-10-14-6-2-4-8-16(14)17/h1-12H. The summed E-state index contributed by atoms with van der Waals surface area (Å²) in [5, 5.41) is 4.81. The monoisotopic (exact) mass is 236 g/mol. The Kier molecular flexibility index (Phi) is 1.72. The predicted octanol–water partition coefficient (Wildman–Crippen LogP) is 4.88. The second-order valence-electron chi connectivity index (χ2n) is 4.39. The van der Waals surface area contributed by atoms with Gasteiger partial charge < -0.3 is 0 Å². The van der Waals surface area contributed by atoms with E-state index in [2.05, 4.69) is 71.5 Å². The van der Waals surface area contributed by atoms with E-state index in [1.807, 2.05) is 0 Å². The van der Waals surface area contributed by atoms with Gasteiger partial charge in [0.1, 0.15) is 0 Å². The molecule has 0 saturated heterocycles. The minimum Gasteiger partial charge on any atom is -0.145 e. The van der Waals surface area contributed by atoms with Gasteiger partial charge in [0.15, 0.2) is 0 Å². The van der Waals surface area contributed by atoms with Gasteiger partial charge in [-0.3, -0.25) is 0 Å². The Morgan fingerprint density at radius 2 is 1.06 bits per heavy atom. The normalized spacial score (nSPS) is 19.3. The van der Waals surface area contributed by atoms with Crippen molar-refractivity contribution >= 4 is 22.2 Å². The number of hydrogen-bond acceptors (Lipinski definition) is 0. The van der Waals surface area contributed by atoms with Crippen LogP contribution in [-0.4, -0.2) is 0 Å². The molecule has 0 amide bonds. The van der Waals surface area contributed by atoms with Gasteiger partial charge in [-0.1, -0.05) is 36.4 Å². The molecule has 0 aromatic heterocycles. The van der Waals surface area contributed by atoms with E-state index in [1.165, 1.54) is 20.9 Å². The molecule has 0 bridgehead atoms. The molecule has 82 valence electrons. The summed E-state index contributed by atoms with van der Waals surface area (Å²) in [6.07, 6.45) is 4.55. The molecule has 4 rings (SSSR count). The predicted molar refractivity (Wildman–Crippen MR) is 75.1 cm³/mol. The Bertz CT molecular complexity index is 605. The molecule has 17 heavy (non-hydrogen) atoms. The lowest BCUT2D eigenvalue weighted by Crippen LogP contribution is -1.91. The fraction of sp³-hybridized carbons (Fsp3) is 0. The largest absolute Gasteiger partial charge is 0.145 e. The first-order valence-electron chi connectivity index (χ1n) is 5.78. The Balaban J connectivity index is 2.05. The van der Waals surface area contributed by atoms with Crippen LogP contribution < -0.4 is 0 Å². The van der Waals surface area contributed by atoms with Gasteiger partial charge in [-0.25, -0.2) is 0 Å². The van der Waals surface area contributed by atoms with Crippen LogP contribution in [0, 0.1) is 0 Å². The summed E-state index contributed by atoms with van der Waals surface area (Å²) in [6, 6.07) is 17.5. The van der Waals surface area contributed by atoms with Crippen LogP contribution in [0.3, 0.4) is 0 Å². The molecule has 0 nitrogen and oxygen atoms in total. The highest BCUT2D eigenvalue weighted by Gasteiger charge is 2.33. The van der Waals surface area contributed by atoms with Gasteiger partial charge in [-0.15, -0.1) is 10.0 Å². The van der Waals surface area contributed by atoms with Gasteiger partial charge in [0.25, 0.3) is 0 Å². The fourth-order valence-corrected chi connectivity index (χ4v) is 5.97. The molecule has 0 radical (unpaired) electrons. The van der Waals surface area contributed by atoms with Crippen LogP contribution in [0.15, 0.2) is 69.1 Å². The van der Waals surface area contributed by atoms with E-state index in [0.29, 0.717) is 0 Å². The van der Waals surface area contributed by atoms with E-state index in [0.717, 1.165) is 0 Å². The second kappa shape index (κ2) is 3.14. The van der Waals surface area contributed by atoms with Crippen molar-refractivity contribution < 1.29 is 0 Å². The lowest BCUT2D eigenvalue weighted by Gasteiger charge is -2.29. The van der Waals surface area contributed by atoms with Crippen LogP contribution >= 0.6 is 10.0 Å². The van der Waals surface area contributed by atoms with Gasteiger partial charge in [0.05, 0.1) is 0 Å². The highest BCUT2D eigenvalue weighted by atomic mass is 32.3. The maximum Gasteiger partial charge on any atom is 0.00851 e. The number of rotatable bonds is 0. The fourth-order valence-electron chi connectivity index (χ4n) is 2.67. The van der Waals surface area contributed by atoms with E-state index in [4.69, 9.17) is 0 Å². The smallest absolute Gasteiger partial charge is 0.00851 e. The van der Waals surface area contributed by atoms with Gasteiger partial charge in [0, 0.05) is 9.79 Å². The van der Waals surface area contributed by atoms with Gasteiger partial charge in [-0.05, 0) is 46.2 Å². The zero-order valence-electron chi connectivity index (χ0n) is 9.34. The van der Waals surface area contributed by atoms with E-state index >= 15 is 0 Å². The van der Waals surface area contributed by atoms with Gasteiger partial charge in [-0.2, -0.15) is 0 Å². The minimum absolute atomic E-state index is 1.01. The van der Waals surface area contributed by atoms with Gasteiger partial charge in [0.2, 0.25) is 0 Å². The van der Waals surface area contributed by atoms with Crippen molar-refractivity contribution in [3.05, 3.63) is 70.5 Å². The van der Waals surface area contributed by atoms with Crippen molar-refractivity contribution in [1.29, 1.82) is 0 Å². The molecular weight excluding hydrogens is 224 g/mol. The summed E-state index contributed by atoms with van der Waals surface area (Å²) in [6.45, 7) is 0. The molecule has 0 N–H and O–H groups in total. The summed E-state index contributed by atoms with van der Waals surface area (Å²) < 4.78 is 0. The summed E-state index contributed by atoms with van der Waals surface area (Å²) in [7, 11) is -1.01. The molecule has 1 heteroatoms. The molecule has 0 saturated carbocycles. The zero-order valence-corrected chi connectivity index (χ0v) is 10.2. The van der Waals surface area contributed by atoms with E-state index in [1.54, 1.807) is 0 Å². The molecule has 2 heterocycles. The van der Waals surface area contributed by atoms with Crippen molar-refractivity contribution in [3.63, 3.8) is 0 Å². The topological polar surface area (TPSA) is 0 Å². The average molecular weight is 236 g/mol.